The largest absolute Gasteiger partial charge is 0.378 e. The molecule has 2 fully saturated rings. The van der Waals surface area contributed by atoms with Gasteiger partial charge in [-0.3, -0.25) is 9.80 Å². The molecule has 2 saturated heterocycles. The summed E-state index contributed by atoms with van der Waals surface area (Å²) >= 11 is 0. The molecule has 2 aliphatic heterocycles. The number of fused-ring (bicyclic) bond motifs is 1. The van der Waals surface area contributed by atoms with Crippen molar-refractivity contribution in [2.24, 2.45) is 0 Å². The van der Waals surface area contributed by atoms with Crippen molar-refractivity contribution in [3.8, 4) is 0 Å². The van der Waals surface area contributed by atoms with Gasteiger partial charge in [0.05, 0.1) is 23.9 Å². The van der Waals surface area contributed by atoms with Crippen molar-refractivity contribution in [3.63, 3.8) is 0 Å². The lowest BCUT2D eigenvalue weighted by Crippen LogP contribution is -2.60. The number of ether oxygens (including phenoxy) is 1. The van der Waals surface area contributed by atoms with E-state index in [1.807, 2.05) is 24.3 Å². The Bertz CT molecular complexity index is 901. The molecule has 0 N–H and O–H groups in total. The Morgan fingerprint density at radius 2 is 1.68 bits per heavy atom. The first-order valence-electron chi connectivity index (χ1n) is 9.93. The molecule has 0 amide bonds. The maximum atomic E-state index is 12.8. The van der Waals surface area contributed by atoms with Crippen molar-refractivity contribution in [2.75, 3.05) is 32.8 Å². The van der Waals surface area contributed by atoms with Crippen LogP contribution in [0.3, 0.4) is 0 Å². The number of nitrogens with zero attached hydrogens (tertiary/aromatic N) is 2. The molecular weight excluding hydrogens is 372 g/mol. The van der Waals surface area contributed by atoms with E-state index in [9.17, 15) is 8.42 Å². The quantitative estimate of drug-likeness (QED) is 0.772. The van der Waals surface area contributed by atoms with Crippen LogP contribution >= 0.6 is 0 Å². The molecule has 2 atom stereocenters. The zero-order valence-electron chi connectivity index (χ0n) is 16.3. The van der Waals surface area contributed by atoms with E-state index >= 15 is 0 Å². The molecule has 2 aliphatic rings. The van der Waals surface area contributed by atoms with Crippen LogP contribution in [0.15, 0.2) is 59.5 Å². The summed E-state index contributed by atoms with van der Waals surface area (Å²) in [6.07, 6.45) is 0. The minimum atomic E-state index is -3.35. The van der Waals surface area contributed by atoms with E-state index in [-0.39, 0.29) is 5.75 Å². The van der Waals surface area contributed by atoms with Gasteiger partial charge >= 0.3 is 0 Å². The van der Waals surface area contributed by atoms with Crippen LogP contribution in [0.1, 0.15) is 18.1 Å². The number of piperazine rings is 1. The fourth-order valence-electron chi connectivity index (χ4n) is 4.29. The van der Waals surface area contributed by atoms with Crippen molar-refractivity contribution < 1.29 is 13.2 Å². The predicted octanol–water partition coefficient (Wildman–Crippen LogP) is 2.57. The smallest absolute Gasteiger partial charge is 0.182 e. The van der Waals surface area contributed by atoms with E-state index < -0.39 is 9.84 Å². The first kappa shape index (κ1) is 19.6. The molecule has 6 heteroatoms. The van der Waals surface area contributed by atoms with Gasteiger partial charge in [-0.2, -0.15) is 0 Å². The Morgan fingerprint density at radius 3 is 2.46 bits per heavy atom. The molecule has 0 aromatic heterocycles. The predicted molar refractivity (Wildman–Crippen MR) is 110 cm³/mol. The Labute approximate surface area is 167 Å². The van der Waals surface area contributed by atoms with Gasteiger partial charge in [0, 0.05) is 38.3 Å². The van der Waals surface area contributed by atoms with E-state index in [0.29, 0.717) is 17.0 Å². The third kappa shape index (κ3) is 4.30. The van der Waals surface area contributed by atoms with Crippen LogP contribution in [-0.4, -0.2) is 63.1 Å². The normalized spacial score (nSPS) is 24.0. The first-order valence-corrected chi connectivity index (χ1v) is 11.6. The van der Waals surface area contributed by atoms with Gasteiger partial charge in [0.2, 0.25) is 0 Å². The standard InChI is InChI=1S/C22H28N2O3S/c1-18-15-27-16-21-14-23(11-12-24(18)21)13-19-7-5-6-8-20(19)17-28(25,26)22-9-3-2-4-10-22/h2-10,18,21H,11-17H2,1H3/t18-,21+/m0/s1. The summed E-state index contributed by atoms with van der Waals surface area (Å²) in [5.74, 6) is 0.0384. The van der Waals surface area contributed by atoms with Gasteiger partial charge in [-0.15, -0.1) is 0 Å². The summed E-state index contributed by atoms with van der Waals surface area (Å²) in [6, 6.07) is 17.5. The van der Waals surface area contributed by atoms with E-state index in [4.69, 9.17) is 4.74 Å². The highest BCUT2D eigenvalue weighted by molar-refractivity contribution is 7.90. The average Bonchev–Trinajstić information content (AvgIpc) is 2.70. The van der Waals surface area contributed by atoms with Crippen LogP contribution in [0.4, 0.5) is 0 Å². The zero-order valence-corrected chi connectivity index (χ0v) is 17.1. The molecule has 0 bridgehead atoms. The first-order chi connectivity index (χ1) is 13.5. The number of hydrogen-bond acceptors (Lipinski definition) is 5. The van der Waals surface area contributed by atoms with E-state index in [0.717, 1.165) is 50.5 Å². The summed E-state index contributed by atoms with van der Waals surface area (Å²) < 4.78 is 31.4. The summed E-state index contributed by atoms with van der Waals surface area (Å²) in [6.45, 7) is 7.61. The van der Waals surface area contributed by atoms with Gasteiger partial charge in [-0.25, -0.2) is 8.42 Å². The highest BCUT2D eigenvalue weighted by Gasteiger charge is 2.33. The molecule has 4 rings (SSSR count). The SMILES string of the molecule is C[C@H]1COC[C@H]2CN(Cc3ccccc3CS(=O)(=O)c3ccccc3)CCN21. The van der Waals surface area contributed by atoms with Crippen LogP contribution in [-0.2, 0) is 26.9 Å². The second-order valence-electron chi connectivity index (χ2n) is 7.85. The summed E-state index contributed by atoms with van der Waals surface area (Å²) in [4.78, 5) is 5.36. The summed E-state index contributed by atoms with van der Waals surface area (Å²) in [5.41, 5.74) is 1.99. The van der Waals surface area contributed by atoms with E-state index in [1.54, 1.807) is 24.3 Å². The molecule has 0 saturated carbocycles. The summed E-state index contributed by atoms with van der Waals surface area (Å²) in [5, 5.41) is 0. The second-order valence-corrected chi connectivity index (χ2v) is 9.84. The van der Waals surface area contributed by atoms with Gasteiger partial charge in [-0.05, 0) is 30.2 Å². The Balaban J connectivity index is 1.48. The zero-order chi connectivity index (χ0) is 19.6. The fraction of sp³-hybridized carbons (Fsp3) is 0.455. The van der Waals surface area contributed by atoms with E-state index in [1.165, 1.54) is 0 Å². The summed E-state index contributed by atoms with van der Waals surface area (Å²) in [7, 11) is -3.35. The Morgan fingerprint density at radius 1 is 0.964 bits per heavy atom. The third-order valence-electron chi connectivity index (χ3n) is 5.81. The number of benzene rings is 2. The highest BCUT2D eigenvalue weighted by Crippen LogP contribution is 2.23. The lowest BCUT2D eigenvalue weighted by Gasteiger charge is -2.47. The monoisotopic (exact) mass is 400 g/mol. The van der Waals surface area contributed by atoms with E-state index in [2.05, 4.69) is 22.8 Å². The Hall–Kier alpha value is -1.73. The number of sulfone groups is 1. The topological polar surface area (TPSA) is 49.9 Å². The minimum Gasteiger partial charge on any atom is -0.378 e. The maximum Gasteiger partial charge on any atom is 0.182 e. The van der Waals surface area contributed by atoms with Gasteiger partial charge in [-0.1, -0.05) is 42.5 Å². The minimum absolute atomic E-state index is 0.0384. The van der Waals surface area contributed by atoms with Crippen LogP contribution in [0.2, 0.25) is 0 Å². The van der Waals surface area contributed by atoms with Crippen molar-refractivity contribution in [1.82, 2.24) is 9.80 Å². The van der Waals surface area contributed by atoms with Crippen LogP contribution in [0.5, 0.6) is 0 Å². The van der Waals surface area contributed by atoms with Crippen LogP contribution in [0, 0.1) is 0 Å². The number of rotatable bonds is 5. The van der Waals surface area contributed by atoms with Crippen molar-refractivity contribution >= 4 is 9.84 Å². The van der Waals surface area contributed by atoms with Crippen molar-refractivity contribution in [1.29, 1.82) is 0 Å². The molecule has 0 aliphatic carbocycles. The second kappa shape index (κ2) is 8.33. The highest BCUT2D eigenvalue weighted by atomic mass is 32.2. The molecule has 28 heavy (non-hydrogen) atoms. The molecule has 2 aromatic rings. The molecule has 150 valence electrons. The molecule has 2 aromatic carbocycles. The molecular formula is C22H28N2O3S. The molecule has 0 radical (unpaired) electrons. The number of hydrogen-bond donors (Lipinski definition) is 0. The maximum absolute atomic E-state index is 12.8. The molecule has 0 spiro atoms. The Kier molecular flexibility index (Phi) is 5.83. The van der Waals surface area contributed by atoms with Gasteiger partial charge in [0.25, 0.3) is 0 Å². The fourth-order valence-corrected chi connectivity index (χ4v) is 5.72. The lowest BCUT2D eigenvalue weighted by molar-refractivity contribution is -0.0766. The molecule has 5 nitrogen and oxygen atoms in total. The molecule has 0 unspecified atom stereocenters. The van der Waals surface area contributed by atoms with Crippen LogP contribution in [0.25, 0.3) is 0 Å². The van der Waals surface area contributed by atoms with Crippen molar-refractivity contribution in [2.45, 2.75) is 36.2 Å². The molecule has 2 heterocycles. The van der Waals surface area contributed by atoms with Gasteiger partial charge in [0.1, 0.15) is 0 Å². The number of morpholine rings is 1. The third-order valence-corrected chi connectivity index (χ3v) is 7.49. The van der Waals surface area contributed by atoms with Gasteiger partial charge < -0.3 is 4.74 Å². The average molecular weight is 401 g/mol. The lowest BCUT2D eigenvalue weighted by atomic mass is 10.0. The van der Waals surface area contributed by atoms with Gasteiger partial charge in [0.15, 0.2) is 9.84 Å². The van der Waals surface area contributed by atoms with Crippen molar-refractivity contribution in [3.05, 3.63) is 65.7 Å². The van der Waals surface area contributed by atoms with Crippen LogP contribution < -0.4 is 0 Å².